The number of nitrogens with one attached hydrogen (secondary N) is 2. The summed E-state index contributed by atoms with van der Waals surface area (Å²) in [5.41, 5.74) is 0. The van der Waals surface area contributed by atoms with Crippen molar-refractivity contribution in [2.45, 2.75) is 31.7 Å². The number of amides is 1. The van der Waals surface area contributed by atoms with Crippen LogP contribution in [0.5, 0.6) is 0 Å². The van der Waals surface area contributed by atoms with Gasteiger partial charge in [0.25, 0.3) is 0 Å². The van der Waals surface area contributed by atoms with Crippen molar-refractivity contribution in [3.8, 4) is 0 Å². The van der Waals surface area contributed by atoms with Gasteiger partial charge in [0.15, 0.2) is 0 Å². The van der Waals surface area contributed by atoms with Crippen molar-refractivity contribution >= 4 is 41.3 Å². The maximum atomic E-state index is 11.8. The lowest BCUT2D eigenvalue weighted by molar-refractivity contribution is -0.123. The summed E-state index contributed by atoms with van der Waals surface area (Å²) in [5.74, 6) is 0.132. The van der Waals surface area contributed by atoms with Gasteiger partial charge in [0, 0.05) is 11.4 Å². The molecule has 1 atom stereocenters. The lowest BCUT2D eigenvalue weighted by Gasteiger charge is -2.22. The highest BCUT2D eigenvalue weighted by Crippen LogP contribution is 2.21. The number of carbonyl (C=O) groups excluding carboxylic acids is 1. The van der Waals surface area contributed by atoms with Crippen LogP contribution in [0.1, 0.15) is 24.1 Å². The number of hydrogen-bond donors (Lipinski definition) is 2. The van der Waals surface area contributed by atoms with Crippen LogP contribution in [0.2, 0.25) is 4.34 Å². The predicted molar refractivity (Wildman–Crippen MR) is 78.9 cm³/mol. The molecule has 1 aliphatic rings. The fraction of sp³-hybridized carbons (Fsp3) is 0.583. The van der Waals surface area contributed by atoms with Crippen molar-refractivity contribution in [1.29, 1.82) is 0 Å². The fourth-order valence-electron chi connectivity index (χ4n) is 1.99. The van der Waals surface area contributed by atoms with Gasteiger partial charge in [-0.1, -0.05) is 18.0 Å². The van der Waals surface area contributed by atoms with Crippen LogP contribution in [-0.4, -0.2) is 25.0 Å². The molecular weight excluding hydrogens is 291 g/mol. The molecule has 1 aromatic rings. The molecule has 0 aromatic carbocycles. The molecule has 0 unspecified atom stereocenters. The zero-order chi connectivity index (χ0) is 12.1. The standard InChI is InChI=1S/C12H17ClN2OS.ClH/c13-11-5-4-9(17-11)6-8-15-12(16)10-3-1-2-7-14-10;/h4-5,10,14H,1-3,6-8H2,(H,15,16);1H/t10-;/m1./s1. The van der Waals surface area contributed by atoms with Crippen LogP contribution in [0.3, 0.4) is 0 Å². The summed E-state index contributed by atoms with van der Waals surface area (Å²) >= 11 is 7.42. The molecule has 102 valence electrons. The first kappa shape index (κ1) is 15.8. The van der Waals surface area contributed by atoms with Crippen LogP contribution in [0.15, 0.2) is 12.1 Å². The number of hydrogen-bond acceptors (Lipinski definition) is 3. The normalized spacial score (nSPS) is 19.1. The van der Waals surface area contributed by atoms with Crippen molar-refractivity contribution < 1.29 is 4.79 Å². The minimum Gasteiger partial charge on any atom is -0.354 e. The second-order valence-corrected chi connectivity index (χ2v) is 6.05. The van der Waals surface area contributed by atoms with Crippen LogP contribution in [0, 0.1) is 0 Å². The monoisotopic (exact) mass is 308 g/mol. The Hall–Kier alpha value is -0.290. The molecule has 0 bridgehead atoms. The van der Waals surface area contributed by atoms with Gasteiger partial charge in [-0.25, -0.2) is 0 Å². The van der Waals surface area contributed by atoms with Crippen molar-refractivity contribution in [1.82, 2.24) is 10.6 Å². The molecule has 1 aliphatic heterocycles. The summed E-state index contributed by atoms with van der Waals surface area (Å²) in [4.78, 5) is 13.0. The summed E-state index contributed by atoms with van der Waals surface area (Å²) in [5, 5.41) is 6.21. The maximum Gasteiger partial charge on any atom is 0.237 e. The third-order valence-corrected chi connectivity index (χ3v) is 4.22. The third-order valence-electron chi connectivity index (χ3n) is 2.93. The molecule has 1 aromatic heterocycles. The first-order valence-corrected chi connectivity index (χ1v) is 7.20. The summed E-state index contributed by atoms with van der Waals surface area (Å²) < 4.78 is 0.806. The molecule has 1 saturated heterocycles. The van der Waals surface area contributed by atoms with E-state index in [1.807, 2.05) is 12.1 Å². The SMILES string of the molecule is Cl.O=C(NCCc1ccc(Cl)s1)[C@H]1CCCCN1. The second-order valence-electron chi connectivity index (χ2n) is 4.25. The molecule has 2 N–H and O–H groups in total. The van der Waals surface area contributed by atoms with Gasteiger partial charge in [0.05, 0.1) is 10.4 Å². The number of piperidine rings is 1. The lowest BCUT2D eigenvalue weighted by atomic mass is 10.0. The van der Waals surface area contributed by atoms with Crippen LogP contribution in [-0.2, 0) is 11.2 Å². The molecule has 6 heteroatoms. The van der Waals surface area contributed by atoms with Crippen LogP contribution in [0.25, 0.3) is 0 Å². The Morgan fingerprint density at radius 3 is 2.94 bits per heavy atom. The smallest absolute Gasteiger partial charge is 0.237 e. The molecular formula is C12H18Cl2N2OS. The van der Waals surface area contributed by atoms with E-state index < -0.39 is 0 Å². The Morgan fingerprint density at radius 1 is 1.50 bits per heavy atom. The Kier molecular flexibility index (Phi) is 7.00. The van der Waals surface area contributed by atoms with Crippen molar-refractivity contribution in [3.05, 3.63) is 21.3 Å². The first-order chi connectivity index (χ1) is 8.25. The average Bonchev–Trinajstić information content (AvgIpc) is 2.76. The highest BCUT2D eigenvalue weighted by atomic mass is 35.5. The third kappa shape index (κ3) is 4.76. The Morgan fingerprint density at radius 2 is 2.33 bits per heavy atom. The van der Waals surface area contributed by atoms with Crippen LogP contribution in [0.4, 0.5) is 0 Å². The number of thiophene rings is 1. The summed E-state index contributed by atoms with van der Waals surface area (Å²) in [6.45, 7) is 1.65. The predicted octanol–water partition coefficient (Wildman–Crippen LogP) is 2.62. The zero-order valence-corrected chi connectivity index (χ0v) is 12.5. The molecule has 1 amide bonds. The van der Waals surface area contributed by atoms with Gasteiger partial charge in [0.1, 0.15) is 0 Å². The van der Waals surface area contributed by atoms with Crippen molar-refractivity contribution in [2.24, 2.45) is 0 Å². The lowest BCUT2D eigenvalue weighted by Crippen LogP contribution is -2.47. The van der Waals surface area contributed by atoms with E-state index in [0.29, 0.717) is 6.54 Å². The Labute approximate surface area is 123 Å². The quantitative estimate of drug-likeness (QED) is 0.898. The fourth-order valence-corrected chi connectivity index (χ4v) is 3.08. The first-order valence-electron chi connectivity index (χ1n) is 6.01. The minimum atomic E-state index is 0. The maximum absolute atomic E-state index is 11.8. The van der Waals surface area contributed by atoms with Gasteiger partial charge < -0.3 is 10.6 Å². The van der Waals surface area contributed by atoms with E-state index in [0.717, 1.165) is 30.1 Å². The van der Waals surface area contributed by atoms with Gasteiger partial charge in [-0.15, -0.1) is 23.7 Å². The molecule has 3 nitrogen and oxygen atoms in total. The summed E-state index contributed by atoms with van der Waals surface area (Å²) in [6.07, 6.45) is 4.13. The number of carbonyl (C=O) groups is 1. The molecule has 2 rings (SSSR count). The average molecular weight is 309 g/mol. The van der Waals surface area contributed by atoms with Gasteiger partial charge >= 0.3 is 0 Å². The van der Waals surface area contributed by atoms with E-state index in [-0.39, 0.29) is 24.4 Å². The molecule has 0 aliphatic carbocycles. The van der Waals surface area contributed by atoms with E-state index in [4.69, 9.17) is 11.6 Å². The topological polar surface area (TPSA) is 41.1 Å². The van der Waals surface area contributed by atoms with Gasteiger partial charge in [-0.05, 0) is 37.9 Å². The summed E-state index contributed by atoms with van der Waals surface area (Å²) in [7, 11) is 0. The van der Waals surface area contributed by atoms with E-state index in [9.17, 15) is 4.79 Å². The molecule has 1 fully saturated rings. The highest BCUT2D eigenvalue weighted by Gasteiger charge is 2.19. The minimum absolute atomic E-state index is 0. The Balaban J connectivity index is 0.00000162. The van der Waals surface area contributed by atoms with Gasteiger partial charge in [0.2, 0.25) is 5.91 Å². The van der Waals surface area contributed by atoms with Crippen LogP contribution < -0.4 is 10.6 Å². The second kappa shape index (κ2) is 8.00. The zero-order valence-electron chi connectivity index (χ0n) is 10.1. The van der Waals surface area contributed by atoms with E-state index >= 15 is 0 Å². The van der Waals surface area contributed by atoms with Crippen LogP contribution >= 0.6 is 35.3 Å². The Bertz CT molecular complexity index is 378. The van der Waals surface area contributed by atoms with Gasteiger partial charge in [-0.2, -0.15) is 0 Å². The van der Waals surface area contributed by atoms with E-state index in [1.54, 1.807) is 11.3 Å². The molecule has 2 heterocycles. The molecule has 0 saturated carbocycles. The molecule has 0 spiro atoms. The van der Waals surface area contributed by atoms with E-state index in [2.05, 4.69) is 10.6 Å². The molecule has 0 radical (unpaired) electrons. The van der Waals surface area contributed by atoms with Crippen molar-refractivity contribution in [2.75, 3.05) is 13.1 Å². The van der Waals surface area contributed by atoms with Gasteiger partial charge in [-0.3, -0.25) is 4.79 Å². The number of halogens is 2. The number of rotatable bonds is 4. The largest absolute Gasteiger partial charge is 0.354 e. The summed E-state index contributed by atoms with van der Waals surface area (Å²) in [6, 6.07) is 3.92. The molecule has 18 heavy (non-hydrogen) atoms. The highest BCUT2D eigenvalue weighted by molar-refractivity contribution is 7.16. The van der Waals surface area contributed by atoms with Crippen molar-refractivity contribution in [3.63, 3.8) is 0 Å². The van der Waals surface area contributed by atoms with E-state index in [1.165, 1.54) is 11.3 Å².